The second kappa shape index (κ2) is 9.12. The number of ether oxygens (including phenoxy) is 2. The van der Waals surface area contributed by atoms with Crippen molar-refractivity contribution < 1.29 is 19.1 Å². The highest BCUT2D eigenvalue weighted by atomic mass is 16.6. The average Bonchev–Trinajstić information content (AvgIpc) is 2.71. The highest BCUT2D eigenvalue weighted by Gasteiger charge is 2.20. The number of hydrogen-bond acceptors (Lipinski definition) is 4. The second-order valence-corrected chi connectivity index (χ2v) is 6.90. The summed E-state index contributed by atoms with van der Waals surface area (Å²) in [4.78, 5) is 23.7. The molecular formula is C21H25N3O4. The molecular weight excluding hydrogens is 358 g/mol. The van der Waals surface area contributed by atoms with Gasteiger partial charge in [0.15, 0.2) is 17.6 Å². The summed E-state index contributed by atoms with van der Waals surface area (Å²) < 4.78 is 11.4. The molecule has 7 nitrogen and oxygen atoms in total. The van der Waals surface area contributed by atoms with Gasteiger partial charge in [-0.1, -0.05) is 38.1 Å². The van der Waals surface area contributed by atoms with Gasteiger partial charge in [0.2, 0.25) is 5.91 Å². The van der Waals surface area contributed by atoms with E-state index in [0.717, 1.165) is 17.0 Å². The molecule has 0 unspecified atom stereocenters. The highest BCUT2D eigenvalue weighted by Crippen LogP contribution is 2.30. The Morgan fingerprint density at radius 2 is 1.75 bits per heavy atom. The van der Waals surface area contributed by atoms with Gasteiger partial charge in [0, 0.05) is 18.2 Å². The van der Waals surface area contributed by atoms with E-state index >= 15 is 0 Å². The van der Waals surface area contributed by atoms with Crippen molar-refractivity contribution in [1.82, 2.24) is 10.6 Å². The number of rotatable bonds is 6. The lowest BCUT2D eigenvalue weighted by Gasteiger charge is -2.26. The molecule has 1 heterocycles. The van der Waals surface area contributed by atoms with Crippen LogP contribution in [0.1, 0.15) is 19.4 Å². The molecule has 0 aromatic heterocycles. The van der Waals surface area contributed by atoms with Crippen LogP contribution in [0.4, 0.5) is 10.5 Å². The zero-order valence-corrected chi connectivity index (χ0v) is 16.0. The third-order valence-electron chi connectivity index (χ3n) is 4.26. The standard InChI is InChI=1S/C21H25N3O4/c1-14(2)20(25)24-16-9-7-15(8-10-16)11-22-21(26)23-12-17-13-27-18-5-3-4-6-19(18)28-17/h3-10,14,17H,11-13H2,1-2H3,(H,24,25)(H2,22,23,26)/t17-/m0/s1. The largest absolute Gasteiger partial charge is 0.486 e. The number of carbonyl (C=O) groups is 2. The van der Waals surface area contributed by atoms with Gasteiger partial charge in [-0.25, -0.2) is 4.79 Å². The lowest BCUT2D eigenvalue weighted by Crippen LogP contribution is -2.44. The summed E-state index contributed by atoms with van der Waals surface area (Å²) in [7, 11) is 0. The molecule has 0 fully saturated rings. The molecule has 0 saturated carbocycles. The molecule has 0 bridgehead atoms. The fraction of sp³-hybridized carbons (Fsp3) is 0.333. The van der Waals surface area contributed by atoms with E-state index in [4.69, 9.17) is 9.47 Å². The normalized spacial score (nSPS) is 15.0. The monoisotopic (exact) mass is 383 g/mol. The summed E-state index contributed by atoms with van der Waals surface area (Å²) >= 11 is 0. The first-order chi connectivity index (χ1) is 13.5. The zero-order valence-electron chi connectivity index (χ0n) is 16.0. The van der Waals surface area contributed by atoms with E-state index in [9.17, 15) is 9.59 Å². The second-order valence-electron chi connectivity index (χ2n) is 6.90. The molecule has 3 N–H and O–H groups in total. The van der Waals surface area contributed by atoms with Gasteiger partial charge in [0.1, 0.15) is 6.61 Å². The van der Waals surface area contributed by atoms with Gasteiger partial charge in [-0.2, -0.15) is 0 Å². The van der Waals surface area contributed by atoms with Crippen molar-refractivity contribution in [2.24, 2.45) is 5.92 Å². The number of fused-ring (bicyclic) bond motifs is 1. The van der Waals surface area contributed by atoms with Gasteiger partial charge in [-0.3, -0.25) is 4.79 Å². The van der Waals surface area contributed by atoms with Crippen LogP contribution in [-0.4, -0.2) is 31.2 Å². The Labute approximate surface area is 164 Å². The Balaban J connectivity index is 1.39. The van der Waals surface area contributed by atoms with E-state index < -0.39 is 0 Å². The predicted molar refractivity (Wildman–Crippen MR) is 107 cm³/mol. The van der Waals surface area contributed by atoms with Crippen molar-refractivity contribution in [1.29, 1.82) is 0 Å². The molecule has 1 aliphatic heterocycles. The molecule has 2 aromatic rings. The molecule has 3 rings (SSSR count). The number of amides is 3. The van der Waals surface area contributed by atoms with Gasteiger partial charge in [-0.15, -0.1) is 0 Å². The van der Waals surface area contributed by atoms with Crippen molar-refractivity contribution in [3.63, 3.8) is 0 Å². The molecule has 1 atom stereocenters. The fourth-order valence-electron chi connectivity index (χ4n) is 2.61. The molecule has 28 heavy (non-hydrogen) atoms. The van der Waals surface area contributed by atoms with Crippen LogP contribution in [0.3, 0.4) is 0 Å². The first-order valence-electron chi connectivity index (χ1n) is 9.31. The number of anilines is 1. The van der Waals surface area contributed by atoms with E-state index in [0.29, 0.717) is 25.4 Å². The van der Waals surface area contributed by atoms with Gasteiger partial charge in [0.05, 0.1) is 6.54 Å². The van der Waals surface area contributed by atoms with E-state index in [1.165, 1.54) is 0 Å². The van der Waals surface area contributed by atoms with Crippen LogP contribution in [0, 0.1) is 5.92 Å². The molecule has 7 heteroatoms. The van der Waals surface area contributed by atoms with Crippen molar-refractivity contribution >= 4 is 17.6 Å². The quantitative estimate of drug-likeness (QED) is 0.716. The molecule has 1 aliphatic rings. The number of carbonyl (C=O) groups excluding carboxylic acids is 2. The molecule has 0 saturated heterocycles. The number of nitrogens with one attached hydrogen (secondary N) is 3. The zero-order chi connectivity index (χ0) is 19.9. The third-order valence-corrected chi connectivity index (χ3v) is 4.26. The smallest absolute Gasteiger partial charge is 0.315 e. The van der Waals surface area contributed by atoms with Crippen LogP contribution in [0.5, 0.6) is 11.5 Å². The van der Waals surface area contributed by atoms with Crippen molar-refractivity contribution in [3.05, 3.63) is 54.1 Å². The summed E-state index contributed by atoms with van der Waals surface area (Å²) in [5.41, 5.74) is 1.67. The Morgan fingerprint density at radius 3 is 2.46 bits per heavy atom. The summed E-state index contributed by atoms with van der Waals surface area (Å²) in [6, 6.07) is 14.6. The third kappa shape index (κ3) is 5.39. The van der Waals surface area contributed by atoms with Crippen LogP contribution < -0.4 is 25.4 Å². The van der Waals surface area contributed by atoms with Gasteiger partial charge in [0.25, 0.3) is 0 Å². The van der Waals surface area contributed by atoms with E-state index in [1.807, 2.05) is 62.4 Å². The lowest BCUT2D eigenvalue weighted by molar-refractivity contribution is -0.118. The molecule has 0 spiro atoms. The van der Waals surface area contributed by atoms with Gasteiger partial charge in [-0.05, 0) is 29.8 Å². The minimum absolute atomic E-state index is 0.0261. The van der Waals surface area contributed by atoms with Crippen LogP contribution in [0.25, 0.3) is 0 Å². The van der Waals surface area contributed by atoms with Crippen LogP contribution in [0.2, 0.25) is 0 Å². The summed E-state index contributed by atoms with van der Waals surface area (Å²) in [5.74, 6) is 1.31. The number of urea groups is 1. The average molecular weight is 383 g/mol. The van der Waals surface area contributed by atoms with E-state index in [2.05, 4.69) is 16.0 Å². The summed E-state index contributed by atoms with van der Waals surface area (Å²) in [6.45, 7) is 4.81. The Morgan fingerprint density at radius 1 is 1.04 bits per heavy atom. The van der Waals surface area contributed by atoms with Crippen molar-refractivity contribution in [3.8, 4) is 11.5 Å². The molecule has 3 amide bonds. The van der Waals surface area contributed by atoms with Gasteiger partial charge < -0.3 is 25.4 Å². The molecule has 0 radical (unpaired) electrons. The summed E-state index contributed by atoms with van der Waals surface area (Å²) in [6.07, 6.45) is -0.232. The van der Waals surface area contributed by atoms with Crippen LogP contribution in [-0.2, 0) is 11.3 Å². The first-order valence-corrected chi connectivity index (χ1v) is 9.31. The molecule has 0 aliphatic carbocycles. The molecule has 2 aromatic carbocycles. The van der Waals surface area contributed by atoms with Gasteiger partial charge >= 0.3 is 6.03 Å². The fourth-order valence-corrected chi connectivity index (χ4v) is 2.61. The Hall–Kier alpha value is -3.22. The minimum atomic E-state index is -0.278. The Bertz CT molecular complexity index is 821. The maximum Gasteiger partial charge on any atom is 0.315 e. The number of benzene rings is 2. The summed E-state index contributed by atoms with van der Waals surface area (Å²) in [5, 5.41) is 8.43. The van der Waals surface area contributed by atoms with Crippen molar-refractivity contribution in [2.75, 3.05) is 18.5 Å². The minimum Gasteiger partial charge on any atom is -0.486 e. The molecule has 148 valence electrons. The van der Waals surface area contributed by atoms with E-state index in [1.54, 1.807) is 0 Å². The lowest BCUT2D eigenvalue weighted by atomic mass is 10.1. The Kier molecular flexibility index (Phi) is 6.37. The maximum absolute atomic E-state index is 12.0. The van der Waals surface area contributed by atoms with Crippen LogP contribution in [0.15, 0.2) is 48.5 Å². The van der Waals surface area contributed by atoms with Crippen LogP contribution >= 0.6 is 0 Å². The van der Waals surface area contributed by atoms with Crippen molar-refractivity contribution in [2.45, 2.75) is 26.5 Å². The first kappa shape index (κ1) is 19.5. The topological polar surface area (TPSA) is 88.7 Å². The van der Waals surface area contributed by atoms with E-state index in [-0.39, 0.29) is 24.0 Å². The maximum atomic E-state index is 12.0. The SMILES string of the molecule is CC(C)C(=O)Nc1ccc(CNC(=O)NC[C@H]2COc3ccccc3O2)cc1. The number of para-hydroxylation sites is 2. The highest BCUT2D eigenvalue weighted by molar-refractivity contribution is 5.92. The predicted octanol–water partition coefficient (Wildman–Crippen LogP) is 2.92. The number of hydrogen-bond donors (Lipinski definition) is 3.